The minimum absolute atomic E-state index is 0.0205. The second-order valence-electron chi connectivity index (χ2n) is 6.54. The lowest BCUT2D eigenvalue weighted by Crippen LogP contribution is -2.40. The van der Waals surface area contributed by atoms with E-state index in [1.165, 1.54) is 43.4 Å². The van der Waals surface area contributed by atoms with Gasteiger partial charge in [0.2, 0.25) is 15.9 Å². The van der Waals surface area contributed by atoms with Crippen molar-refractivity contribution in [1.82, 2.24) is 24.8 Å². The summed E-state index contributed by atoms with van der Waals surface area (Å²) < 4.78 is 32.9. The number of methoxy groups -OCH3 is 1. The highest BCUT2D eigenvalue weighted by Crippen LogP contribution is 2.29. The van der Waals surface area contributed by atoms with Crippen LogP contribution in [-0.2, 0) is 21.4 Å². The van der Waals surface area contributed by atoms with Gasteiger partial charge >= 0.3 is 0 Å². The van der Waals surface area contributed by atoms with Gasteiger partial charge in [0.1, 0.15) is 12.1 Å². The van der Waals surface area contributed by atoms with Gasteiger partial charge in [-0.05, 0) is 23.8 Å². The number of aromatic amines is 1. The third-order valence-electron chi connectivity index (χ3n) is 4.34. The number of thioether (sulfide) groups is 1. The van der Waals surface area contributed by atoms with Crippen molar-refractivity contribution in [3.05, 3.63) is 65.4 Å². The van der Waals surface area contributed by atoms with E-state index in [-0.39, 0.29) is 23.0 Å². The van der Waals surface area contributed by atoms with E-state index >= 15 is 0 Å². The van der Waals surface area contributed by atoms with E-state index in [2.05, 4.69) is 20.5 Å². The third kappa shape index (κ3) is 6.45. The molecule has 0 aliphatic carbocycles. The molecule has 2 N–H and O–H groups in total. The first-order valence-corrected chi connectivity index (χ1v) is 12.3. The van der Waals surface area contributed by atoms with Crippen molar-refractivity contribution in [3.8, 4) is 5.75 Å². The number of hydrogen-bond acceptors (Lipinski definition) is 7. The number of nitrogens with zero attached hydrogens (tertiary/aromatic N) is 3. The lowest BCUT2D eigenvalue weighted by molar-refractivity contribution is -0.121. The van der Waals surface area contributed by atoms with Gasteiger partial charge in [-0.25, -0.2) is 13.4 Å². The minimum Gasteiger partial charge on any atom is -0.495 e. The van der Waals surface area contributed by atoms with Crippen molar-refractivity contribution in [2.24, 2.45) is 0 Å². The predicted octanol–water partition coefficient (Wildman–Crippen LogP) is 2.57. The second kappa shape index (κ2) is 11.3. The number of aromatic nitrogens is 3. The van der Waals surface area contributed by atoms with Gasteiger partial charge in [-0.1, -0.05) is 53.7 Å². The molecule has 2 aromatic carbocycles. The highest BCUT2D eigenvalue weighted by molar-refractivity contribution is 7.99. The fourth-order valence-corrected chi connectivity index (χ4v) is 5.16. The molecule has 0 aliphatic heterocycles. The highest BCUT2D eigenvalue weighted by Gasteiger charge is 2.27. The number of nitrogens with one attached hydrogen (secondary N) is 2. The molecule has 0 bridgehead atoms. The van der Waals surface area contributed by atoms with Crippen LogP contribution < -0.4 is 10.1 Å². The number of H-pyrrole nitrogens is 1. The standard InChI is InChI=1S/C20H22ClN5O4S2/c1-30-18-8-7-16(11-17(18)21)32(28,29)26(12-15-5-3-2-4-6-15)13-19(27)22-9-10-31-20-23-14-24-25-20/h2-8,11,14H,9-10,12-13H2,1H3,(H,22,27)(H,23,24,25). The first kappa shape index (κ1) is 24.1. The van der Waals surface area contributed by atoms with E-state index in [1.807, 2.05) is 18.2 Å². The number of amides is 1. The molecule has 0 radical (unpaired) electrons. The van der Waals surface area contributed by atoms with Crippen LogP contribution in [0.1, 0.15) is 5.56 Å². The molecule has 0 spiro atoms. The van der Waals surface area contributed by atoms with Crippen LogP contribution in [0.25, 0.3) is 0 Å². The summed E-state index contributed by atoms with van der Waals surface area (Å²) in [5.41, 5.74) is 0.754. The maximum absolute atomic E-state index is 13.3. The van der Waals surface area contributed by atoms with Gasteiger partial charge in [0.15, 0.2) is 5.16 Å². The number of carbonyl (C=O) groups is 1. The van der Waals surface area contributed by atoms with Crippen LogP contribution in [0.2, 0.25) is 5.02 Å². The van der Waals surface area contributed by atoms with Crippen LogP contribution in [-0.4, -0.2) is 59.8 Å². The molecule has 0 saturated heterocycles. The van der Waals surface area contributed by atoms with Crippen molar-refractivity contribution in [1.29, 1.82) is 0 Å². The van der Waals surface area contributed by atoms with Gasteiger partial charge in [-0.2, -0.15) is 9.40 Å². The smallest absolute Gasteiger partial charge is 0.243 e. The molecule has 0 aliphatic rings. The molecular weight excluding hydrogens is 474 g/mol. The van der Waals surface area contributed by atoms with Crippen LogP contribution in [0.3, 0.4) is 0 Å². The monoisotopic (exact) mass is 495 g/mol. The Bertz CT molecular complexity index is 1130. The maximum Gasteiger partial charge on any atom is 0.243 e. The summed E-state index contributed by atoms with van der Waals surface area (Å²) in [7, 11) is -2.56. The molecule has 0 saturated carbocycles. The molecule has 12 heteroatoms. The zero-order chi connectivity index (χ0) is 23.0. The Morgan fingerprint density at radius 1 is 1.25 bits per heavy atom. The van der Waals surface area contributed by atoms with Gasteiger partial charge in [0.25, 0.3) is 0 Å². The maximum atomic E-state index is 13.3. The first-order valence-electron chi connectivity index (χ1n) is 9.52. The third-order valence-corrected chi connectivity index (χ3v) is 7.30. The van der Waals surface area contributed by atoms with Crippen LogP contribution in [0.5, 0.6) is 5.75 Å². The number of rotatable bonds is 11. The number of hydrogen-bond donors (Lipinski definition) is 2. The lowest BCUT2D eigenvalue weighted by Gasteiger charge is -2.22. The summed E-state index contributed by atoms with van der Waals surface area (Å²) in [4.78, 5) is 16.5. The van der Waals surface area contributed by atoms with Crippen LogP contribution in [0.15, 0.2) is 64.9 Å². The molecule has 1 aromatic heterocycles. The van der Waals surface area contributed by atoms with E-state index in [4.69, 9.17) is 16.3 Å². The Labute approximate surface area is 195 Å². The fraction of sp³-hybridized carbons (Fsp3) is 0.250. The quantitative estimate of drug-likeness (QED) is 0.310. The van der Waals surface area contributed by atoms with Gasteiger partial charge in [-0.3, -0.25) is 9.89 Å². The SMILES string of the molecule is COc1ccc(S(=O)(=O)N(CC(=O)NCCSc2ncn[nH]2)Cc2ccccc2)cc1Cl. The largest absolute Gasteiger partial charge is 0.495 e. The molecule has 32 heavy (non-hydrogen) atoms. The fourth-order valence-electron chi connectivity index (χ4n) is 2.79. The molecule has 9 nitrogen and oxygen atoms in total. The summed E-state index contributed by atoms with van der Waals surface area (Å²) in [6.07, 6.45) is 1.40. The van der Waals surface area contributed by atoms with Crippen LogP contribution >= 0.6 is 23.4 Å². The summed E-state index contributed by atoms with van der Waals surface area (Å²) in [5, 5.41) is 10.0. The number of benzene rings is 2. The summed E-state index contributed by atoms with van der Waals surface area (Å²) in [6, 6.07) is 13.3. The van der Waals surface area contributed by atoms with E-state index in [0.717, 1.165) is 9.87 Å². The van der Waals surface area contributed by atoms with Gasteiger partial charge < -0.3 is 10.1 Å². The van der Waals surface area contributed by atoms with Crippen LogP contribution in [0.4, 0.5) is 0 Å². The molecule has 1 amide bonds. The Kier molecular flexibility index (Phi) is 8.51. The van der Waals surface area contributed by atoms with Gasteiger partial charge in [0.05, 0.1) is 23.6 Å². The van der Waals surface area contributed by atoms with Crippen molar-refractivity contribution in [3.63, 3.8) is 0 Å². The van der Waals surface area contributed by atoms with Gasteiger partial charge in [0, 0.05) is 18.8 Å². The molecule has 0 fully saturated rings. The molecule has 3 aromatic rings. The minimum atomic E-state index is -4.00. The number of halogens is 1. The summed E-state index contributed by atoms with van der Waals surface area (Å²) in [5.74, 6) is 0.505. The van der Waals surface area contributed by atoms with Crippen LogP contribution in [0, 0.1) is 0 Å². The van der Waals surface area contributed by atoms with E-state index in [1.54, 1.807) is 12.1 Å². The second-order valence-corrected chi connectivity index (χ2v) is 9.97. The highest BCUT2D eigenvalue weighted by atomic mass is 35.5. The molecular formula is C20H22ClN5O4S2. The zero-order valence-electron chi connectivity index (χ0n) is 17.2. The zero-order valence-corrected chi connectivity index (χ0v) is 19.6. The average Bonchev–Trinajstić information content (AvgIpc) is 3.30. The number of sulfonamides is 1. The average molecular weight is 496 g/mol. The van der Waals surface area contributed by atoms with E-state index in [9.17, 15) is 13.2 Å². The predicted molar refractivity (Wildman–Crippen MR) is 122 cm³/mol. The van der Waals surface area contributed by atoms with Crippen molar-refractivity contribution >= 4 is 39.3 Å². The van der Waals surface area contributed by atoms with Crippen molar-refractivity contribution in [2.75, 3.05) is 26.0 Å². The molecule has 170 valence electrons. The molecule has 3 rings (SSSR count). The Balaban J connectivity index is 1.72. The Morgan fingerprint density at radius 2 is 2.03 bits per heavy atom. The molecule has 0 unspecified atom stereocenters. The normalized spacial score (nSPS) is 11.5. The number of carbonyl (C=O) groups excluding carboxylic acids is 1. The Hall–Kier alpha value is -2.60. The van der Waals surface area contributed by atoms with E-state index in [0.29, 0.717) is 23.2 Å². The Morgan fingerprint density at radius 3 is 2.69 bits per heavy atom. The summed E-state index contributed by atoms with van der Waals surface area (Å²) >= 11 is 7.53. The van der Waals surface area contributed by atoms with E-state index < -0.39 is 15.9 Å². The topological polar surface area (TPSA) is 117 Å². The number of ether oxygens (including phenoxy) is 1. The summed E-state index contributed by atoms with van der Waals surface area (Å²) in [6.45, 7) is 0.0404. The van der Waals surface area contributed by atoms with Gasteiger partial charge in [-0.15, -0.1) is 0 Å². The van der Waals surface area contributed by atoms with Crippen molar-refractivity contribution < 1.29 is 17.9 Å². The lowest BCUT2D eigenvalue weighted by atomic mass is 10.2. The molecule has 1 heterocycles. The van der Waals surface area contributed by atoms with Crippen molar-refractivity contribution in [2.45, 2.75) is 16.6 Å². The first-order chi connectivity index (χ1) is 15.4. The molecule has 0 atom stereocenters.